The van der Waals surface area contributed by atoms with E-state index < -0.39 is 11.2 Å². The first-order valence-corrected chi connectivity index (χ1v) is 10.00. The Morgan fingerprint density at radius 3 is 2.54 bits per heavy atom. The minimum absolute atomic E-state index is 0.462. The normalized spacial score (nSPS) is 11.5. The van der Waals surface area contributed by atoms with Gasteiger partial charge in [0.15, 0.2) is 4.34 Å². The second-order valence-corrected chi connectivity index (χ2v) is 7.73. The van der Waals surface area contributed by atoms with E-state index in [1.807, 2.05) is 35.7 Å². The molecule has 0 amide bonds. The van der Waals surface area contributed by atoms with E-state index in [-0.39, 0.29) is 0 Å². The highest BCUT2D eigenvalue weighted by atomic mass is 32.2. The highest BCUT2D eigenvalue weighted by molar-refractivity contribution is 8.02. The number of rotatable bonds is 11. The van der Waals surface area contributed by atoms with Gasteiger partial charge in [0.25, 0.3) is 0 Å². The molecule has 1 aromatic heterocycles. The number of aromatic nitrogens is 1. The van der Waals surface area contributed by atoms with Crippen LogP contribution in [0.5, 0.6) is 0 Å². The number of carbonyl (C=O) groups is 1. The van der Waals surface area contributed by atoms with Gasteiger partial charge in [-0.3, -0.25) is 4.79 Å². The van der Waals surface area contributed by atoms with Crippen molar-refractivity contribution < 1.29 is 20.3 Å². The van der Waals surface area contributed by atoms with E-state index in [1.165, 1.54) is 23.1 Å². The van der Waals surface area contributed by atoms with E-state index in [0.29, 0.717) is 13.0 Å². The van der Waals surface area contributed by atoms with Crippen molar-refractivity contribution in [3.8, 4) is 11.3 Å². The number of nitrogens with one attached hydrogen (secondary N) is 1. The molecule has 0 saturated heterocycles. The van der Waals surface area contributed by atoms with Crippen LogP contribution in [0.4, 0.5) is 0 Å². The van der Waals surface area contributed by atoms with E-state index in [2.05, 4.69) is 16.4 Å². The number of unbranched alkanes of at least 4 members (excludes halogenated alkanes) is 3. The Morgan fingerprint density at radius 1 is 1.19 bits per heavy atom. The van der Waals surface area contributed by atoms with Gasteiger partial charge < -0.3 is 15.5 Å². The van der Waals surface area contributed by atoms with Crippen LogP contribution in [0, 0.1) is 0 Å². The second-order valence-electron chi connectivity index (χ2n) is 5.42. The van der Waals surface area contributed by atoms with Gasteiger partial charge in [0.2, 0.25) is 0 Å². The van der Waals surface area contributed by atoms with Gasteiger partial charge >= 0.3 is 5.97 Å². The number of hydroxylamine groups is 1. The summed E-state index contributed by atoms with van der Waals surface area (Å²) in [4.78, 5) is 16.0. The third-order valence-electron chi connectivity index (χ3n) is 3.58. The summed E-state index contributed by atoms with van der Waals surface area (Å²) in [6.07, 6.45) is 4.35. The fourth-order valence-electron chi connectivity index (χ4n) is 2.29. The lowest BCUT2D eigenvalue weighted by molar-refractivity contribution is -0.136. The summed E-state index contributed by atoms with van der Waals surface area (Å²) in [5.74, 6) is 2.72. The Balaban J connectivity index is 0.00000163. The van der Waals surface area contributed by atoms with E-state index in [4.69, 9.17) is 10.4 Å². The average molecular weight is 400 g/mol. The third-order valence-corrected chi connectivity index (χ3v) is 5.80. The van der Waals surface area contributed by atoms with Crippen molar-refractivity contribution in [2.75, 3.05) is 6.54 Å². The molecule has 1 unspecified atom stereocenters. The highest BCUT2D eigenvalue weighted by Crippen LogP contribution is 2.32. The van der Waals surface area contributed by atoms with Gasteiger partial charge in [0, 0.05) is 17.5 Å². The predicted octanol–water partition coefficient (Wildman–Crippen LogP) is 3.62. The molecule has 0 saturated carbocycles. The van der Waals surface area contributed by atoms with E-state index in [9.17, 15) is 9.90 Å². The molecule has 144 valence electrons. The summed E-state index contributed by atoms with van der Waals surface area (Å²) in [7, 11) is 0. The maximum atomic E-state index is 11.5. The third kappa shape index (κ3) is 8.26. The topological polar surface area (TPSA) is 129 Å². The van der Waals surface area contributed by atoms with Crippen molar-refractivity contribution in [1.29, 1.82) is 0 Å². The second kappa shape index (κ2) is 13.7. The first-order chi connectivity index (χ1) is 12.7. The molecule has 2 aromatic rings. The number of nitrogens with zero attached hydrogens (tertiary/aromatic N) is 1. The average Bonchev–Trinajstić information content (AvgIpc) is 3.14. The minimum atomic E-state index is -0.784. The maximum Gasteiger partial charge on any atom is 0.317 e. The van der Waals surface area contributed by atoms with Crippen LogP contribution >= 0.6 is 23.1 Å². The molecule has 1 heterocycles. The standard InChI is InChI=1S/C17H22N2O3S2.H3NO/c20-16(21)15(10-6-1-2-7-11-18-22)24-17-19-14(12-23-17)13-8-4-3-5-9-13;1-2/h3-5,8-9,12,15,18,22H,1-2,6-7,10-11H2,(H,20,21);2H,1H2. The number of carboxylic acids is 1. The van der Waals surface area contributed by atoms with Gasteiger partial charge in [-0.2, -0.15) is 0 Å². The summed E-state index contributed by atoms with van der Waals surface area (Å²) in [5, 5.41) is 25.9. The number of thioether (sulfide) groups is 1. The number of aliphatic carboxylic acids is 1. The number of benzene rings is 1. The van der Waals surface area contributed by atoms with Crippen molar-refractivity contribution >= 4 is 29.1 Å². The molecule has 1 aromatic carbocycles. The number of nitrogens with two attached hydrogens (primary N) is 1. The molecule has 6 N–H and O–H groups in total. The summed E-state index contributed by atoms with van der Waals surface area (Å²) < 4.78 is 0.797. The monoisotopic (exact) mass is 399 g/mol. The first-order valence-electron chi connectivity index (χ1n) is 8.24. The molecule has 0 aliphatic heterocycles. The molecule has 0 spiro atoms. The van der Waals surface area contributed by atoms with Gasteiger partial charge in [-0.25, -0.2) is 16.4 Å². The molecule has 9 heteroatoms. The zero-order valence-corrected chi connectivity index (χ0v) is 16.0. The Kier molecular flexibility index (Phi) is 11.9. The molecule has 0 fully saturated rings. The van der Waals surface area contributed by atoms with Crippen molar-refractivity contribution in [3.63, 3.8) is 0 Å². The summed E-state index contributed by atoms with van der Waals surface area (Å²) in [6, 6.07) is 9.89. The van der Waals surface area contributed by atoms with Crippen LogP contribution in [-0.4, -0.2) is 38.3 Å². The molecule has 0 aliphatic carbocycles. The largest absolute Gasteiger partial charge is 0.480 e. The summed E-state index contributed by atoms with van der Waals surface area (Å²) in [6.45, 7) is 0.582. The Bertz CT molecular complexity index is 625. The van der Waals surface area contributed by atoms with Gasteiger partial charge in [-0.15, -0.1) is 11.3 Å². The fraction of sp³-hybridized carbons (Fsp3) is 0.412. The maximum absolute atomic E-state index is 11.5. The molecular weight excluding hydrogens is 374 g/mol. The Labute approximate surface area is 161 Å². The molecule has 0 radical (unpaired) electrons. The Morgan fingerprint density at radius 2 is 1.88 bits per heavy atom. The molecule has 7 nitrogen and oxygen atoms in total. The van der Waals surface area contributed by atoms with Crippen LogP contribution in [-0.2, 0) is 4.79 Å². The molecule has 0 bridgehead atoms. The van der Waals surface area contributed by atoms with Gasteiger partial charge in [-0.1, -0.05) is 61.4 Å². The lowest BCUT2D eigenvalue weighted by Crippen LogP contribution is -2.16. The molecule has 0 aliphatic rings. The summed E-state index contributed by atoms with van der Waals surface area (Å²) in [5.41, 5.74) is 4.07. The van der Waals surface area contributed by atoms with Crippen molar-refractivity contribution in [3.05, 3.63) is 35.7 Å². The van der Waals surface area contributed by atoms with Gasteiger partial charge in [0.1, 0.15) is 5.25 Å². The van der Waals surface area contributed by atoms with E-state index in [1.54, 1.807) is 0 Å². The van der Waals surface area contributed by atoms with E-state index >= 15 is 0 Å². The number of carboxylic acid groups (broad SMARTS) is 1. The van der Waals surface area contributed by atoms with Crippen LogP contribution in [0.15, 0.2) is 40.1 Å². The number of hydrogen-bond donors (Lipinski definition) is 5. The fourth-order valence-corrected chi connectivity index (χ4v) is 4.34. The van der Waals surface area contributed by atoms with Gasteiger partial charge in [0.05, 0.1) is 5.69 Å². The van der Waals surface area contributed by atoms with Gasteiger partial charge in [-0.05, 0) is 12.8 Å². The smallest absolute Gasteiger partial charge is 0.317 e. The van der Waals surface area contributed by atoms with Crippen LogP contribution in [0.2, 0.25) is 0 Å². The molecule has 2 rings (SSSR count). The SMILES string of the molecule is NO.O=C(O)C(CCCCCCNO)Sc1nc(-c2ccccc2)cs1. The van der Waals surface area contributed by atoms with Crippen molar-refractivity contribution in [2.24, 2.45) is 5.90 Å². The highest BCUT2D eigenvalue weighted by Gasteiger charge is 2.20. The lowest BCUT2D eigenvalue weighted by atomic mass is 10.1. The van der Waals surface area contributed by atoms with Crippen LogP contribution in [0.25, 0.3) is 11.3 Å². The predicted molar refractivity (Wildman–Crippen MR) is 104 cm³/mol. The first kappa shape index (κ1) is 22.6. The zero-order chi connectivity index (χ0) is 19.2. The molecule has 1 atom stereocenters. The number of thiazole rings is 1. The lowest BCUT2D eigenvalue weighted by Gasteiger charge is -2.09. The Hall–Kier alpha value is -1.49. The quantitative estimate of drug-likeness (QED) is 0.220. The van der Waals surface area contributed by atoms with E-state index in [0.717, 1.165) is 41.3 Å². The molecule has 26 heavy (non-hydrogen) atoms. The summed E-state index contributed by atoms with van der Waals surface area (Å²) >= 11 is 2.83. The van der Waals surface area contributed by atoms with Crippen LogP contribution in [0.3, 0.4) is 0 Å². The van der Waals surface area contributed by atoms with Crippen molar-refractivity contribution in [1.82, 2.24) is 10.5 Å². The molecular formula is C17H25N3O4S2. The number of hydrogen-bond acceptors (Lipinski definition) is 8. The zero-order valence-electron chi connectivity index (χ0n) is 14.4. The van der Waals surface area contributed by atoms with Crippen molar-refractivity contribution in [2.45, 2.75) is 41.7 Å². The van der Waals surface area contributed by atoms with Crippen LogP contribution < -0.4 is 11.4 Å². The minimum Gasteiger partial charge on any atom is -0.480 e. The van der Waals surface area contributed by atoms with Crippen LogP contribution in [0.1, 0.15) is 32.1 Å².